The van der Waals surface area contributed by atoms with E-state index in [1.165, 1.54) is 7.05 Å². The Morgan fingerprint density at radius 1 is 1.28 bits per heavy atom. The molecule has 1 aliphatic carbocycles. The zero-order chi connectivity index (χ0) is 23.1. The van der Waals surface area contributed by atoms with Crippen LogP contribution < -0.4 is 15.1 Å². The molecule has 8 nitrogen and oxygen atoms in total. The molecule has 0 radical (unpaired) electrons. The van der Waals surface area contributed by atoms with Gasteiger partial charge in [0.15, 0.2) is 15.7 Å². The van der Waals surface area contributed by atoms with Gasteiger partial charge in [0.05, 0.1) is 22.9 Å². The Labute approximate surface area is 184 Å². The van der Waals surface area contributed by atoms with E-state index in [4.69, 9.17) is 0 Å². The van der Waals surface area contributed by atoms with E-state index < -0.39 is 27.8 Å². The van der Waals surface area contributed by atoms with E-state index in [2.05, 4.69) is 10.3 Å². The van der Waals surface area contributed by atoms with Gasteiger partial charge in [0.2, 0.25) is 0 Å². The summed E-state index contributed by atoms with van der Waals surface area (Å²) in [6.45, 7) is 0.837. The van der Waals surface area contributed by atoms with E-state index in [1.807, 2.05) is 29.2 Å². The molecule has 2 aliphatic rings. The summed E-state index contributed by atoms with van der Waals surface area (Å²) in [6, 6.07) is 10.8. The maximum Gasteiger partial charge on any atom is 0.412 e. The Morgan fingerprint density at radius 2 is 1.97 bits per heavy atom. The number of hydrogen-bond acceptors (Lipinski definition) is 6. The molecule has 1 amide bonds. The Kier molecular flexibility index (Phi) is 5.70. The molecule has 2 heterocycles. The molecular formula is C21H24F2N4O4S. The van der Waals surface area contributed by atoms with Gasteiger partial charge in [-0.3, -0.25) is 4.90 Å². The molecule has 1 aromatic carbocycles. The fourth-order valence-electron chi connectivity index (χ4n) is 3.65. The van der Waals surface area contributed by atoms with Crippen molar-refractivity contribution in [3.05, 3.63) is 36.4 Å². The highest BCUT2D eigenvalue weighted by atomic mass is 32.2. The lowest BCUT2D eigenvalue weighted by Gasteiger charge is -2.29. The fourth-order valence-corrected chi connectivity index (χ4v) is 4.85. The first-order valence-electron chi connectivity index (χ1n) is 10.2. The highest BCUT2D eigenvalue weighted by molar-refractivity contribution is 7.91. The summed E-state index contributed by atoms with van der Waals surface area (Å²) in [7, 11) is -1.65. The van der Waals surface area contributed by atoms with Gasteiger partial charge in [0.1, 0.15) is 0 Å². The molecular weight excluding hydrogens is 442 g/mol. The molecule has 1 aromatic heterocycles. The minimum atomic E-state index is -3.00. The highest BCUT2D eigenvalue weighted by Gasteiger charge is 2.56. The van der Waals surface area contributed by atoms with Crippen LogP contribution in [-0.4, -0.2) is 68.7 Å². The first kappa shape index (κ1) is 22.3. The van der Waals surface area contributed by atoms with E-state index >= 15 is 0 Å². The molecule has 1 unspecified atom stereocenters. The van der Waals surface area contributed by atoms with Crippen molar-refractivity contribution in [2.75, 3.05) is 53.3 Å². The Bertz CT molecular complexity index is 1130. The van der Waals surface area contributed by atoms with Crippen molar-refractivity contribution in [2.45, 2.75) is 12.3 Å². The molecule has 1 saturated carbocycles. The van der Waals surface area contributed by atoms with Crippen molar-refractivity contribution in [1.29, 1.82) is 0 Å². The minimum absolute atomic E-state index is 0.0296. The van der Waals surface area contributed by atoms with Gasteiger partial charge in [-0.25, -0.2) is 27.0 Å². The third-order valence-corrected chi connectivity index (χ3v) is 7.44. The second kappa shape index (κ2) is 8.19. The van der Waals surface area contributed by atoms with Crippen LogP contribution in [0.2, 0.25) is 0 Å². The van der Waals surface area contributed by atoms with Gasteiger partial charge in [-0.05, 0) is 24.3 Å². The molecule has 32 heavy (non-hydrogen) atoms. The van der Waals surface area contributed by atoms with E-state index in [9.17, 15) is 27.1 Å². The predicted molar refractivity (Wildman–Crippen MR) is 119 cm³/mol. The van der Waals surface area contributed by atoms with Crippen LogP contribution in [0.5, 0.6) is 0 Å². The average Bonchev–Trinajstić information content (AvgIpc) is 3.38. The lowest BCUT2D eigenvalue weighted by molar-refractivity contribution is 0.101. The molecule has 1 saturated heterocycles. The summed E-state index contributed by atoms with van der Waals surface area (Å²) in [5.41, 5.74) is 2.46. The number of hydrogen-bond donors (Lipinski definition) is 2. The lowest BCUT2D eigenvalue weighted by atomic mass is 10.1. The zero-order valence-electron chi connectivity index (χ0n) is 17.5. The quantitative estimate of drug-likeness (QED) is 0.674. The van der Waals surface area contributed by atoms with E-state index in [-0.39, 0.29) is 30.3 Å². The molecule has 2 aromatic rings. The summed E-state index contributed by atoms with van der Waals surface area (Å²) < 4.78 is 49.8. The number of anilines is 3. The minimum Gasteiger partial charge on any atom is -0.465 e. The number of halogens is 2. The average molecular weight is 467 g/mol. The Morgan fingerprint density at radius 3 is 2.59 bits per heavy atom. The fraction of sp³-hybridized carbons (Fsp3) is 0.429. The number of aromatic nitrogens is 1. The predicted octanol–water partition coefficient (Wildman–Crippen LogP) is 3.16. The van der Waals surface area contributed by atoms with Crippen molar-refractivity contribution in [1.82, 2.24) is 4.98 Å². The second-order valence-corrected chi connectivity index (χ2v) is 10.4. The summed E-state index contributed by atoms with van der Waals surface area (Å²) in [5.74, 6) is -3.12. The third kappa shape index (κ3) is 4.77. The van der Waals surface area contributed by atoms with Crippen LogP contribution in [0.4, 0.5) is 30.8 Å². The number of alkyl halides is 2. The van der Waals surface area contributed by atoms with E-state index in [0.717, 1.165) is 16.2 Å². The van der Waals surface area contributed by atoms with Crippen molar-refractivity contribution in [2.24, 2.45) is 5.92 Å². The zero-order valence-corrected chi connectivity index (χ0v) is 18.3. The monoisotopic (exact) mass is 466 g/mol. The molecule has 2 fully saturated rings. The molecule has 1 atom stereocenters. The SMILES string of the molecule is CN(C(=O)O)c1nc(-c2cccc(N3CCS(=O)(=O)CC3)c2)ccc1NCC1CC1(F)F. The number of carboxylic acid groups (broad SMARTS) is 1. The van der Waals surface area contributed by atoms with Crippen LogP contribution in [0.25, 0.3) is 11.3 Å². The molecule has 0 bridgehead atoms. The number of sulfone groups is 1. The van der Waals surface area contributed by atoms with Crippen LogP contribution in [0.1, 0.15) is 6.42 Å². The maximum absolute atomic E-state index is 13.2. The summed E-state index contributed by atoms with van der Waals surface area (Å²) in [4.78, 5) is 19.0. The van der Waals surface area contributed by atoms with Gasteiger partial charge in [0.25, 0.3) is 5.92 Å². The van der Waals surface area contributed by atoms with Gasteiger partial charge in [-0.15, -0.1) is 0 Å². The Balaban J connectivity index is 1.59. The topological polar surface area (TPSA) is 103 Å². The van der Waals surface area contributed by atoms with Gasteiger partial charge < -0.3 is 15.3 Å². The highest BCUT2D eigenvalue weighted by Crippen LogP contribution is 2.48. The smallest absolute Gasteiger partial charge is 0.412 e. The summed E-state index contributed by atoms with van der Waals surface area (Å²) >= 11 is 0. The van der Waals surface area contributed by atoms with Gasteiger partial charge in [-0.1, -0.05) is 12.1 Å². The molecule has 4 rings (SSSR count). The van der Waals surface area contributed by atoms with Crippen LogP contribution in [0, 0.1) is 5.92 Å². The van der Waals surface area contributed by atoms with Crippen LogP contribution in [0.15, 0.2) is 36.4 Å². The largest absolute Gasteiger partial charge is 0.465 e. The van der Waals surface area contributed by atoms with Gasteiger partial charge in [0, 0.05) is 50.3 Å². The van der Waals surface area contributed by atoms with Crippen LogP contribution in [-0.2, 0) is 9.84 Å². The lowest BCUT2D eigenvalue weighted by Crippen LogP contribution is -2.40. The van der Waals surface area contributed by atoms with Gasteiger partial charge in [-0.2, -0.15) is 0 Å². The molecule has 0 spiro atoms. The van der Waals surface area contributed by atoms with E-state index in [0.29, 0.717) is 24.5 Å². The second-order valence-electron chi connectivity index (χ2n) is 8.14. The van der Waals surface area contributed by atoms with Gasteiger partial charge >= 0.3 is 6.09 Å². The van der Waals surface area contributed by atoms with Crippen molar-refractivity contribution < 1.29 is 27.1 Å². The molecule has 172 valence electrons. The Hall–Kier alpha value is -2.95. The summed E-state index contributed by atoms with van der Waals surface area (Å²) in [6.07, 6.45) is -1.40. The van der Waals surface area contributed by atoms with Crippen LogP contribution >= 0.6 is 0 Å². The molecule has 1 aliphatic heterocycles. The standard InChI is InChI=1S/C21H24F2N4O4S/c1-26(20(28)29)19-18(24-13-15-12-21(15,22)23)6-5-17(25-19)14-3-2-4-16(11-14)27-7-9-32(30,31)10-8-27/h2-6,11,15,24H,7-10,12-13H2,1H3,(H,28,29). The first-order chi connectivity index (χ1) is 15.1. The third-order valence-electron chi connectivity index (χ3n) is 5.83. The first-order valence-corrected chi connectivity index (χ1v) is 12.0. The normalized spacial score (nSPS) is 21.1. The number of rotatable bonds is 6. The summed E-state index contributed by atoms with van der Waals surface area (Å²) in [5, 5.41) is 12.3. The van der Waals surface area contributed by atoms with Crippen molar-refractivity contribution in [3.63, 3.8) is 0 Å². The van der Waals surface area contributed by atoms with Crippen molar-refractivity contribution >= 4 is 33.1 Å². The number of pyridine rings is 1. The number of benzene rings is 1. The number of carbonyl (C=O) groups is 1. The number of nitrogens with one attached hydrogen (secondary N) is 1. The maximum atomic E-state index is 13.2. The number of amides is 1. The van der Waals surface area contributed by atoms with Crippen molar-refractivity contribution in [3.8, 4) is 11.3 Å². The van der Waals surface area contributed by atoms with E-state index in [1.54, 1.807) is 12.1 Å². The number of nitrogens with zero attached hydrogens (tertiary/aromatic N) is 3. The molecule has 2 N–H and O–H groups in total. The van der Waals surface area contributed by atoms with Crippen LogP contribution in [0.3, 0.4) is 0 Å². The molecule has 11 heteroatoms.